The molecule has 2 rings (SSSR count). The molecule has 0 radical (unpaired) electrons. The van der Waals surface area contributed by atoms with Crippen molar-refractivity contribution in [1.82, 2.24) is 0 Å². The van der Waals surface area contributed by atoms with Crippen LogP contribution in [0.1, 0.15) is 37.9 Å². The zero-order chi connectivity index (χ0) is 13.3. The zero-order valence-electron chi connectivity index (χ0n) is 11.6. The SMILES string of the molecule is COc1ccc2c(c1)C(N)C(SC(C)C(C)C)C2. The van der Waals surface area contributed by atoms with Crippen LogP contribution in [0.15, 0.2) is 18.2 Å². The lowest BCUT2D eigenvalue weighted by molar-refractivity contribution is 0.414. The van der Waals surface area contributed by atoms with Crippen molar-refractivity contribution in [2.24, 2.45) is 11.7 Å². The second-order valence-electron chi connectivity index (χ2n) is 5.42. The van der Waals surface area contributed by atoms with Crippen molar-refractivity contribution in [2.75, 3.05) is 7.11 Å². The Balaban J connectivity index is 2.12. The summed E-state index contributed by atoms with van der Waals surface area (Å²) in [7, 11) is 1.70. The molecule has 1 aliphatic carbocycles. The second-order valence-corrected chi connectivity index (χ2v) is 7.04. The van der Waals surface area contributed by atoms with E-state index in [2.05, 4.69) is 32.9 Å². The Hall–Kier alpha value is -0.670. The van der Waals surface area contributed by atoms with Gasteiger partial charge in [0.25, 0.3) is 0 Å². The second kappa shape index (κ2) is 5.54. The summed E-state index contributed by atoms with van der Waals surface area (Å²) in [5.41, 5.74) is 9.04. The number of ether oxygens (including phenoxy) is 1. The molecule has 3 heteroatoms. The predicted molar refractivity (Wildman–Crippen MR) is 79.3 cm³/mol. The van der Waals surface area contributed by atoms with Gasteiger partial charge in [-0.1, -0.05) is 26.8 Å². The fraction of sp³-hybridized carbons (Fsp3) is 0.600. The summed E-state index contributed by atoms with van der Waals surface area (Å²) in [4.78, 5) is 0. The minimum Gasteiger partial charge on any atom is -0.497 e. The molecular weight excluding hydrogens is 242 g/mol. The van der Waals surface area contributed by atoms with E-state index in [1.165, 1.54) is 11.1 Å². The monoisotopic (exact) mass is 265 g/mol. The van der Waals surface area contributed by atoms with Crippen LogP contribution in [0.3, 0.4) is 0 Å². The fourth-order valence-corrected chi connectivity index (χ4v) is 3.76. The maximum atomic E-state index is 6.39. The number of hydrogen-bond acceptors (Lipinski definition) is 3. The molecule has 2 nitrogen and oxygen atoms in total. The minimum absolute atomic E-state index is 0.140. The summed E-state index contributed by atoms with van der Waals surface area (Å²) in [6.07, 6.45) is 1.09. The number of thioether (sulfide) groups is 1. The summed E-state index contributed by atoms with van der Waals surface area (Å²) >= 11 is 2.03. The van der Waals surface area contributed by atoms with Gasteiger partial charge in [-0.25, -0.2) is 0 Å². The first-order chi connectivity index (χ1) is 8.52. The van der Waals surface area contributed by atoms with E-state index < -0.39 is 0 Å². The molecule has 0 fully saturated rings. The molecule has 1 aromatic rings. The molecular formula is C15H23NOS. The zero-order valence-corrected chi connectivity index (χ0v) is 12.5. The first-order valence-electron chi connectivity index (χ1n) is 6.60. The molecule has 3 unspecified atom stereocenters. The molecule has 0 aliphatic heterocycles. The molecule has 0 bridgehead atoms. The van der Waals surface area contributed by atoms with E-state index in [-0.39, 0.29) is 6.04 Å². The third kappa shape index (κ3) is 2.67. The van der Waals surface area contributed by atoms with Gasteiger partial charge in [0, 0.05) is 16.5 Å². The predicted octanol–water partition coefficient (Wildman–Crippen LogP) is 3.40. The van der Waals surface area contributed by atoms with Gasteiger partial charge >= 0.3 is 0 Å². The first-order valence-corrected chi connectivity index (χ1v) is 7.55. The van der Waals surface area contributed by atoms with Crippen LogP contribution in [-0.2, 0) is 6.42 Å². The number of hydrogen-bond donors (Lipinski definition) is 1. The van der Waals surface area contributed by atoms with Crippen LogP contribution in [0, 0.1) is 5.92 Å². The number of fused-ring (bicyclic) bond motifs is 1. The molecule has 0 saturated heterocycles. The fourth-order valence-electron chi connectivity index (χ4n) is 2.31. The molecule has 0 saturated carbocycles. The van der Waals surface area contributed by atoms with Crippen molar-refractivity contribution in [3.05, 3.63) is 29.3 Å². The average Bonchev–Trinajstić information content (AvgIpc) is 2.66. The van der Waals surface area contributed by atoms with Crippen LogP contribution in [0.5, 0.6) is 5.75 Å². The number of nitrogens with two attached hydrogens (primary N) is 1. The van der Waals surface area contributed by atoms with Crippen molar-refractivity contribution in [3.8, 4) is 5.75 Å². The lowest BCUT2D eigenvalue weighted by atomic mass is 10.1. The molecule has 100 valence electrons. The van der Waals surface area contributed by atoms with Gasteiger partial charge in [-0.3, -0.25) is 0 Å². The highest BCUT2D eigenvalue weighted by molar-refractivity contribution is 8.00. The largest absolute Gasteiger partial charge is 0.497 e. The lowest BCUT2D eigenvalue weighted by Crippen LogP contribution is -2.22. The first kappa shape index (κ1) is 13.8. The van der Waals surface area contributed by atoms with E-state index in [4.69, 9.17) is 10.5 Å². The Labute approximate surface area is 114 Å². The third-order valence-electron chi connectivity index (χ3n) is 3.86. The highest BCUT2D eigenvalue weighted by Gasteiger charge is 2.32. The minimum atomic E-state index is 0.140. The van der Waals surface area contributed by atoms with Gasteiger partial charge in [0.05, 0.1) is 7.11 Å². The van der Waals surface area contributed by atoms with Gasteiger partial charge in [0.15, 0.2) is 0 Å². The van der Waals surface area contributed by atoms with Crippen molar-refractivity contribution < 1.29 is 4.74 Å². The van der Waals surface area contributed by atoms with E-state index >= 15 is 0 Å². The number of benzene rings is 1. The smallest absolute Gasteiger partial charge is 0.119 e. The van der Waals surface area contributed by atoms with E-state index in [9.17, 15) is 0 Å². The highest BCUT2D eigenvalue weighted by atomic mass is 32.2. The quantitative estimate of drug-likeness (QED) is 0.906. The Bertz CT molecular complexity index is 419. The van der Waals surface area contributed by atoms with Crippen LogP contribution >= 0.6 is 11.8 Å². The molecule has 0 aromatic heterocycles. The lowest BCUT2D eigenvalue weighted by Gasteiger charge is -2.22. The van der Waals surface area contributed by atoms with Crippen molar-refractivity contribution >= 4 is 11.8 Å². The van der Waals surface area contributed by atoms with E-state index in [0.29, 0.717) is 16.4 Å². The van der Waals surface area contributed by atoms with Crippen molar-refractivity contribution in [2.45, 2.75) is 43.7 Å². The van der Waals surface area contributed by atoms with Gasteiger partial charge in [-0.05, 0) is 35.6 Å². The normalized spacial score (nSPS) is 24.1. The summed E-state index contributed by atoms with van der Waals surface area (Å²) < 4.78 is 5.28. The molecule has 3 atom stereocenters. The Morgan fingerprint density at radius 3 is 2.67 bits per heavy atom. The van der Waals surface area contributed by atoms with Crippen molar-refractivity contribution in [1.29, 1.82) is 0 Å². The van der Waals surface area contributed by atoms with Gasteiger partial charge in [-0.2, -0.15) is 11.8 Å². The third-order valence-corrected chi connectivity index (χ3v) is 5.65. The van der Waals surface area contributed by atoms with Crippen LogP contribution < -0.4 is 10.5 Å². The average molecular weight is 265 g/mol. The maximum absolute atomic E-state index is 6.39. The molecule has 1 aliphatic rings. The van der Waals surface area contributed by atoms with Crippen LogP contribution in [-0.4, -0.2) is 17.6 Å². The molecule has 2 N–H and O–H groups in total. The molecule has 18 heavy (non-hydrogen) atoms. The summed E-state index contributed by atoms with van der Waals surface area (Å²) in [5, 5.41) is 1.15. The highest BCUT2D eigenvalue weighted by Crippen LogP contribution is 2.41. The standard InChI is InChI=1S/C15H23NOS/c1-9(2)10(3)18-14-7-11-5-6-12(17-4)8-13(11)15(14)16/h5-6,8-10,14-15H,7,16H2,1-4H3. The summed E-state index contributed by atoms with van der Waals surface area (Å²) in [5.74, 6) is 1.60. The number of methoxy groups -OCH3 is 1. The maximum Gasteiger partial charge on any atom is 0.119 e. The van der Waals surface area contributed by atoms with E-state index in [0.717, 1.165) is 12.2 Å². The summed E-state index contributed by atoms with van der Waals surface area (Å²) in [6, 6.07) is 6.43. The van der Waals surface area contributed by atoms with E-state index in [1.54, 1.807) is 7.11 Å². The van der Waals surface area contributed by atoms with Gasteiger partial charge < -0.3 is 10.5 Å². The Kier molecular flexibility index (Phi) is 4.23. The van der Waals surface area contributed by atoms with Crippen molar-refractivity contribution in [3.63, 3.8) is 0 Å². The Morgan fingerprint density at radius 1 is 1.33 bits per heavy atom. The van der Waals surface area contributed by atoms with Crippen LogP contribution in [0.2, 0.25) is 0 Å². The molecule has 0 amide bonds. The molecule has 0 spiro atoms. The Morgan fingerprint density at radius 2 is 2.06 bits per heavy atom. The van der Waals surface area contributed by atoms with Crippen LogP contribution in [0.25, 0.3) is 0 Å². The molecule has 1 aromatic carbocycles. The van der Waals surface area contributed by atoms with Gasteiger partial charge in [0.2, 0.25) is 0 Å². The topological polar surface area (TPSA) is 35.2 Å². The van der Waals surface area contributed by atoms with Gasteiger partial charge in [0.1, 0.15) is 5.75 Å². The van der Waals surface area contributed by atoms with Gasteiger partial charge in [-0.15, -0.1) is 0 Å². The molecule has 0 heterocycles. The van der Waals surface area contributed by atoms with E-state index in [1.807, 2.05) is 17.8 Å². The van der Waals surface area contributed by atoms with Crippen LogP contribution in [0.4, 0.5) is 0 Å². The number of rotatable bonds is 4. The summed E-state index contributed by atoms with van der Waals surface area (Å²) in [6.45, 7) is 6.84.